The van der Waals surface area contributed by atoms with Gasteiger partial charge >= 0.3 is 6.18 Å². The van der Waals surface area contributed by atoms with Gasteiger partial charge in [0.05, 0.1) is 11.1 Å². The summed E-state index contributed by atoms with van der Waals surface area (Å²) in [6.45, 7) is 0. The van der Waals surface area contributed by atoms with E-state index in [-0.39, 0.29) is 23.1 Å². The zero-order valence-corrected chi connectivity index (χ0v) is 12.9. The van der Waals surface area contributed by atoms with Crippen LogP contribution >= 0.6 is 15.9 Å². The highest BCUT2D eigenvalue weighted by molar-refractivity contribution is 9.10. The first-order valence-corrected chi connectivity index (χ1v) is 7.09. The Morgan fingerprint density at radius 2 is 1.96 bits per heavy atom. The molecule has 118 valence electrons. The first kappa shape index (κ1) is 15.5. The van der Waals surface area contributed by atoms with Gasteiger partial charge in [0.1, 0.15) is 11.4 Å². The molecular formula is C14H8BrF3N4O. The standard InChI is InChI=1S/C14H8BrF3N4O/c15-7-3-4-10(23)8(6-7)12-20-13(22-21-12)11-9(14(16,17)18)2-1-5-19-11/h1-6,23H,(H,20,21,22). The van der Waals surface area contributed by atoms with Crippen molar-refractivity contribution < 1.29 is 18.3 Å². The van der Waals surface area contributed by atoms with Gasteiger partial charge in [-0.05, 0) is 30.3 Å². The average molecular weight is 385 g/mol. The SMILES string of the molecule is Oc1ccc(Br)cc1-c1nc(-c2ncccc2C(F)(F)F)n[nH]1. The van der Waals surface area contributed by atoms with Crippen LogP contribution in [-0.2, 0) is 6.18 Å². The molecule has 0 radical (unpaired) electrons. The summed E-state index contributed by atoms with van der Waals surface area (Å²) in [6.07, 6.45) is -3.33. The van der Waals surface area contributed by atoms with Crippen LogP contribution in [0.2, 0.25) is 0 Å². The number of aromatic nitrogens is 4. The van der Waals surface area contributed by atoms with Crippen molar-refractivity contribution in [3.8, 4) is 28.7 Å². The Labute approximate surface area is 136 Å². The summed E-state index contributed by atoms with van der Waals surface area (Å²) in [5, 5.41) is 16.1. The topological polar surface area (TPSA) is 74.7 Å². The van der Waals surface area contributed by atoms with Crippen molar-refractivity contribution in [2.75, 3.05) is 0 Å². The van der Waals surface area contributed by atoms with E-state index in [0.29, 0.717) is 10.0 Å². The van der Waals surface area contributed by atoms with Crippen molar-refractivity contribution in [1.82, 2.24) is 20.2 Å². The fourth-order valence-electron chi connectivity index (χ4n) is 2.00. The second-order valence-electron chi connectivity index (χ2n) is 4.57. The monoisotopic (exact) mass is 384 g/mol. The number of aromatic amines is 1. The Bertz CT molecular complexity index is 863. The first-order chi connectivity index (χ1) is 10.9. The summed E-state index contributed by atoms with van der Waals surface area (Å²) in [7, 11) is 0. The molecule has 0 aliphatic heterocycles. The molecule has 2 heterocycles. The minimum absolute atomic E-state index is 0.0760. The number of alkyl halides is 3. The molecular weight excluding hydrogens is 377 g/mol. The number of halogens is 4. The molecule has 3 rings (SSSR count). The quantitative estimate of drug-likeness (QED) is 0.699. The lowest BCUT2D eigenvalue weighted by Crippen LogP contribution is -2.08. The van der Waals surface area contributed by atoms with Gasteiger partial charge in [-0.2, -0.15) is 18.3 Å². The van der Waals surface area contributed by atoms with Crippen LogP contribution in [0, 0.1) is 0 Å². The van der Waals surface area contributed by atoms with Crippen molar-refractivity contribution in [2.24, 2.45) is 0 Å². The number of hydrogen-bond donors (Lipinski definition) is 2. The van der Waals surface area contributed by atoms with Crippen molar-refractivity contribution in [2.45, 2.75) is 6.18 Å². The van der Waals surface area contributed by atoms with Gasteiger partial charge in [0.15, 0.2) is 5.82 Å². The number of phenolic OH excluding ortho intramolecular Hbond substituents is 1. The van der Waals surface area contributed by atoms with Crippen molar-refractivity contribution >= 4 is 15.9 Å². The molecule has 2 aromatic heterocycles. The predicted molar refractivity (Wildman–Crippen MR) is 79.4 cm³/mol. The molecule has 0 fully saturated rings. The third-order valence-electron chi connectivity index (χ3n) is 3.02. The van der Waals surface area contributed by atoms with Gasteiger partial charge in [0, 0.05) is 10.7 Å². The Hall–Kier alpha value is -2.42. The van der Waals surface area contributed by atoms with Gasteiger partial charge in [-0.15, -0.1) is 0 Å². The van der Waals surface area contributed by atoms with Gasteiger partial charge in [-0.1, -0.05) is 15.9 Å². The van der Waals surface area contributed by atoms with Gasteiger partial charge in [-0.25, -0.2) is 4.98 Å². The van der Waals surface area contributed by atoms with E-state index >= 15 is 0 Å². The second kappa shape index (κ2) is 5.65. The van der Waals surface area contributed by atoms with Crippen molar-refractivity contribution in [3.05, 3.63) is 46.6 Å². The van der Waals surface area contributed by atoms with E-state index in [1.54, 1.807) is 12.1 Å². The number of rotatable bonds is 2. The zero-order valence-electron chi connectivity index (χ0n) is 11.3. The lowest BCUT2D eigenvalue weighted by atomic mass is 10.1. The molecule has 0 amide bonds. The van der Waals surface area contributed by atoms with Crippen LogP contribution in [0.3, 0.4) is 0 Å². The average Bonchev–Trinajstić information content (AvgIpc) is 2.98. The van der Waals surface area contributed by atoms with Crippen LogP contribution in [0.1, 0.15) is 5.56 Å². The molecule has 0 aliphatic rings. The molecule has 0 saturated heterocycles. The van der Waals surface area contributed by atoms with Gasteiger partial charge in [0.25, 0.3) is 0 Å². The highest BCUT2D eigenvalue weighted by Crippen LogP contribution is 2.35. The third-order valence-corrected chi connectivity index (χ3v) is 3.52. The summed E-state index contributed by atoms with van der Waals surface area (Å²) in [4.78, 5) is 7.74. The normalized spacial score (nSPS) is 11.7. The maximum atomic E-state index is 13.0. The molecule has 0 saturated carbocycles. The molecule has 0 aliphatic carbocycles. The van der Waals surface area contributed by atoms with Gasteiger partial charge in [0.2, 0.25) is 5.82 Å². The second-order valence-corrected chi connectivity index (χ2v) is 5.48. The number of nitrogens with zero attached hydrogens (tertiary/aromatic N) is 3. The molecule has 9 heteroatoms. The molecule has 0 unspecified atom stereocenters. The molecule has 0 atom stereocenters. The first-order valence-electron chi connectivity index (χ1n) is 6.30. The number of H-pyrrole nitrogens is 1. The van der Waals surface area contributed by atoms with Gasteiger partial charge in [-0.3, -0.25) is 10.1 Å². The highest BCUT2D eigenvalue weighted by Gasteiger charge is 2.35. The Morgan fingerprint density at radius 1 is 1.17 bits per heavy atom. The fraction of sp³-hybridized carbons (Fsp3) is 0.0714. The summed E-state index contributed by atoms with van der Waals surface area (Å²) < 4.78 is 39.8. The fourth-order valence-corrected chi connectivity index (χ4v) is 2.36. The Balaban J connectivity index is 2.09. The number of nitrogens with one attached hydrogen (secondary N) is 1. The van der Waals surface area contributed by atoms with Crippen LogP contribution in [0.5, 0.6) is 5.75 Å². The lowest BCUT2D eigenvalue weighted by molar-refractivity contribution is -0.137. The number of benzene rings is 1. The van der Waals surface area contributed by atoms with Crippen LogP contribution in [0.25, 0.3) is 22.9 Å². The van der Waals surface area contributed by atoms with Crippen molar-refractivity contribution in [1.29, 1.82) is 0 Å². The number of phenols is 1. The molecule has 3 aromatic rings. The third kappa shape index (κ3) is 3.04. The van der Waals surface area contributed by atoms with E-state index in [1.807, 2.05) is 0 Å². The largest absolute Gasteiger partial charge is 0.507 e. The van der Waals surface area contributed by atoms with Crippen LogP contribution in [-0.4, -0.2) is 25.3 Å². The number of aromatic hydroxyl groups is 1. The maximum absolute atomic E-state index is 13.0. The Morgan fingerprint density at radius 3 is 2.70 bits per heavy atom. The van der Waals surface area contributed by atoms with Crippen LogP contribution < -0.4 is 0 Å². The van der Waals surface area contributed by atoms with Gasteiger partial charge < -0.3 is 5.11 Å². The summed E-state index contributed by atoms with van der Waals surface area (Å²) in [5.74, 6) is -0.141. The molecule has 0 bridgehead atoms. The Kier molecular flexibility index (Phi) is 3.80. The highest BCUT2D eigenvalue weighted by atomic mass is 79.9. The van der Waals surface area contributed by atoms with E-state index in [1.165, 1.54) is 18.3 Å². The van der Waals surface area contributed by atoms with Crippen LogP contribution in [0.15, 0.2) is 41.0 Å². The molecule has 0 spiro atoms. The number of hydrogen-bond acceptors (Lipinski definition) is 4. The van der Waals surface area contributed by atoms with E-state index in [2.05, 4.69) is 36.1 Å². The van der Waals surface area contributed by atoms with Crippen molar-refractivity contribution in [3.63, 3.8) is 0 Å². The summed E-state index contributed by atoms with van der Waals surface area (Å²) in [6, 6.07) is 6.73. The van der Waals surface area contributed by atoms with Crippen LogP contribution in [0.4, 0.5) is 13.2 Å². The van der Waals surface area contributed by atoms with E-state index in [9.17, 15) is 18.3 Å². The predicted octanol–water partition coefficient (Wildman–Crippen LogP) is 4.02. The molecule has 1 aromatic carbocycles. The summed E-state index contributed by atoms with van der Waals surface area (Å²) >= 11 is 3.25. The lowest BCUT2D eigenvalue weighted by Gasteiger charge is -2.08. The minimum Gasteiger partial charge on any atom is -0.507 e. The molecule has 2 N–H and O–H groups in total. The smallest absolute Gasteiger partial charge is 0.418 e. The molecule has 23 heavy (non-hydrogen) atoms. The number of pyridine rings is 1. The zero-order chi connectivity index (χ0) is 16.6. The summed E-state index contributed by atoms with van der Waals surface area (Å²) in [5.41, 5.74) is -0.997. The van der Waals surface area contributed by atoms with E-state index in [4.69, 9.17) is 0 Å². The van der Waals surface area contributed by atoms with E-state index < -0.39 is 11.7 Å². The van der Waals surface area contributed by atoms with E-state index in [0.717, 1.165) is 6.07 Å². The minimum atomic E-state index is -4.57. The maximum Gasteiger partial charge on any atom is 0.418 e. The molecule has 5 nitrogen and oxygen atoms in total.